The maximum atomic E-state index is 6.16. The Labute approximate surface area is 150 Å². The van der Waals surface area contributed by atoms with E-state index in [9.17, 15) is 0 Å². The van der Waals surface area contributed by atoms with Crippen LogP contribution in [0.3, 0.4) is 0 Å². The minimum atomic E-state index is 0.344. The zero-order valence-corrected chi connectivity index (χ0v) is 14.6. The van der Waals surface area contributed by atoms with Gasteiger partial charge in [0.05, 0.1) is 10.0 Å². The third-order valence-corrected chi connectivity index (χ3v) is 5.15. The van der Waals surface area contributed by atoms with Gasteiger partial charge in [-0.25, -0.2) is 0 Å². The van der Waals surface area contributed by atoms with E-state index in [2.05, 4.69) is 14.6 Å². The number of pyridine rings is 1. The number of aromatic nitrogens is 3. The maximum Gasteiger partial charge on any atom is 0.167 e. The van der Waals surface area contributed by atoms with E-state index in [0.29, 0.717) is 28.3 Å². The van der Waals surface area contributed by atoms with E-state index in [4.69, 9.17) is 27.9 Å². The Kier molecular flexibility index (Phi) is 4.33. The molecule has 0 aliphatic heterocycles. The summed E-state index contributed by atoms with van der Waals surface area (Å²) in [6.45, 7) is 0.344. The molecule has 1 aromatic carbocycles. The molecule has 0 unspecified atom stereocenters. The highest BCUT2D eigenvalue weighted by atomic mass is 35.5. The highest BCUT2D eigenvalue weighted by molar-refractivity contribution is 6.37. The highest BCUT2D eigenvalue weighted by Crippen LogP contribution is 2.35. The first-order valence-electron chi connectivity index (χ1n) is 8.13. The van der Waals surface area contributed by atoms with Gasteiger partial charge in [0, 0.05) is 17.7 Å². The van der Waals surface area contributed by atoms with Crippen LogP contribution in [0.1, 0.15) is 43.0 Å². The van der Waals surface area contributed by atoms with E-state index in [1.165, 1.54) is 25.7 Å². The summed E-state index contributed by atoms with van der Waals surface area (Å²) in [7, 11) is 0. The number of halogens is 2. The number of fused-ring (bicyclic) bond motifs is 1. The standard InChI is InChI=1S/C18H17Cl2N3O/c19-14-8-3-9-15(20)16(14)24-11-13-7-4-10-23-17(21-22-18(13)23)12-5-1-2-6-12/h3-4,7-10,12H,1-2,5-6,11H2. The summed E-state index contributed by atoms with van der Waals surface area (Å²) in [6.07, 6.45) is 6.95. The van der Waals surface area contributed by atoms with E-state index < -0.39 is 0 Å². The van der Waals surface area contributed by atoms with E-state index in [0.717, 1.165) is 17.0 Å². The zero-order valence-electron chi connectivity index (χ0n) is 13.1. The molecular formula is C18H17Cl2N3O. The Morgan fingerprint density at radius 3 is 2.54 bits per heavy atom. The Morgan fingerprint density at radius 2 is 1.79 bits per heavy atom. The van der Waals surface area contributed by atoms with Crippen molar-refractivity contribution in [1.29, 1.82) is 0 Å². The van der Waals surface area contributed by atoms with Crippen molar-refractivity contribution in [1.82, 2.24) is 14.6 Å². The molecule has 1 aliphatic carbocycles. The van der Waals surface area contributed by atoms with Gasteiger partial charge in [0.15, 0.2) is 11.4 Å². The summed E-state index contributed by atoms with van der Waals surface area (Å²) in [6, 6.07) is 9.32. The lowest BCUT2D eigenvalue weighted by atomic mass is 10.1. The number of rotatable bonds is 4. The Hall–Kier alpha value is -1.78. The van der Waals surface area contributed by atoms with Gasteiger partial charge >= 0.3 is 0 Å². The topological polar surface area (TPSA) is 39.4 Å². The van der Waals surface area contributed by atoms with Crippen molar-refractivity contribution in [3.8, 4) is 5.75 Å². The first kappa shape index (κ1) is 15.7. The zero-order chi connectivity index (χ0) is 16.5. The number of ether oxygens (including phenoxy) is 1. The molecule has 0 atom stereocenters. The van der Waals surface area contributed by atoms with E-state index in [1.807, 2.05) is 18.3 Å². The quantitative estimate of drug-likeness (QED) is 0.635. The smallest absolute Gasteiger partial charge is 0.167 e. The van der Waals surface area contributed by atoms with Gasteiger partial charge in [-0.2, -0.15) is 0 Å². The number of para-hydroxylation sites is 1. The number of nitrogens with zero attached hydrogens (tertiary/aromatic N) is 3. The van der Waals surface area contributed by atoms with Gasteiger partial charge in [0.1, 0.15) is 12.4 Å². The van der Waals surface area contributed by atoms with Crippen molar-refractivity contribution in [2.45, 2.75) is 38.2 Å². The summed E-state index contributed by atoms with van der Waals surface area (Å²) in [5.74, 6) is 2.06. The molecule has 2 heterocycles. The van der Waals surface area contributed by atoms with E-state index in [-0.39, 0.29) is 0 Å². The van der Waals surface area contributed by atoms with Gasteiger partial charge in [0.25, 0.3) is 0 Å². The molecule has 0 spiro atoms. The van der Waals surface area contributed by atoms with Crippen molar-refractivity contribution in [3.05, 3.63) is 58.0 Å². The second-order valence-corrected chi connectivity index (χ2v) is 6.92. The average molecular weight is 362 g/mol. The largest absolute Gasteiger partial charge is 0.486 e. The predicted octanol–water partition coefficient (Wildman–Crippen LogP) is 5.27. The monoisotopic (exact) mass is 361 g/mol. The van der Waals surface area contributed by atoms with Gasteiger partial charge in [-0.05, 0) is 31.0 Å². The van der Waals surface area contributed by atoms with Gasteiger partial charge in [-0.15, -0.1) is 10.2 Å². The Balaban J connectivity index is 1.63. The minimum absolute atomic E-state index is 0.344. The van der Waals surface area contributed by atoms with Gasteiger partial charge in [-0.3, -0.25) is 4.40 Å². The summed E-state index contributed by atoms with van der Waals surface area (Å²) in [5, 5.41) is 9.83. The van der Waals surface area contributed by atoms with Crippen molar-refractivity contribution < 1.29 is 4.74 Å². The first-order chi connectivity index (χ1) is 11.7. The molecule has 0 amide bonds. The number of benzene rings is 1. The van der Waals surface area contributed by atoms with Crippen LogP contribution in [0, 0.1) is 0 Å². The van der Waals surface area contributed by atoms with Crippen molar-refractivity contribution in [2.75, 3.05) is 0 Å². The van der Waals surface area contributed by atoms with Crippen molar-refractivity contribution in [3.63, 3.8) is 0 Å². The molecule has 6 heteroatoms. The van der Waals surface area contributed by atoms with Crippen LogP contribution in [0.4, 0.5) is 0 Å². The van der Waals surface area contributed by atoms with Crippen LogP contribution in [-0.4, -0.2) is 14.6 Å². The number of hydrogen-bond donors (Lipinski definition) is 0. The molecule has 4 nitrogen and oxygen atoms in total. The third kappa shape index (κ3) is 2.85. The van der Waals surface area contributed by atoms with Gasteiger partial charge in [0.2, 0.25) is 0 Å². The van der Waals surface area contributed by atoms with Crippen LogP contribution in [0.2, 0.25) is 10.0 Å². The first-order valence-corrected chi connectivity index (χ1v) is 8.89. The molecule has 24 heavy (non-hydrogen) atoms. The molecular weight excluding hydrogens is 345 g/mol. The summed E-state index contributed by atoms with van der Waals surface area (Å²) in [4.78, 5) is 0. The summed E-state index contributed by atoms with van der Waals surface area (Å²) >= 11 is 12.3. The second kappa shape index (κ2) is 6.61. The van der Waals surface area contributed by atoms with Crippen LogP contribution in [-0.2, 0) is 6.61 Å². The fraction of sp³-hybridized carbons (Fsp3) is 0.333. The maximum absolute atomic E-state index is 6.16. The van der Waals surface area contributed by atoms with Crippen LogP contribution < -0.4 is 4.74 Å². The van der Waals surface area contributed by atoms with Gasteiger partial charge in [-0.1, -0.05) is 48.2 Å². The highest BCUT2D eigenvalue weighted by Gasteiger charge is 2.22. The summed E-state index contributed by atoms with van der Waals surface area (Å²) in [5.41, 5.74) is 1.80. The van der Waals surface area contributed by atoms with Crippen LogP contribution in [0.15, 0.2) is 36.5 Å². The molecule has 1 saturated carbocycles. The predicted molar refractivity (Wildman–Crippen MR) is 95.0 cm³/mol. The lowest BCUT2D eigenvalue weighted by molar-refractivity contribution is 0.307. The third-order valence-electron chi connectivity index (χ3n) is 4.55. The Bertz CT molecular complexity index is 852. The normalized spacial score (nSPS) is 15.2. The summed E-state index contributed by atoms with van der Waals surface area (Å²) < 4.78 is 7.94. The fourth-order valence-corrected chi connectivity index (χ4v) is 3.84. The molecule has 0 bridgehead atoms. The van der Waals surface area contributed by atoms with Crippen molar-refractivity contribution >= 4 is 28.8 Å². The van der Waals surface area contributed by atoms with Gasteiger partial charge < -0.3 is 4.74 Å². The lowest BCUT2D eigenvalue weighted by Crippen LogP contribution is -2.03. The van der Waals surface area contributed by atoms with E-state index in [1.54, 1.807) is 18.2 Å². The SMILES string of the molecule is Clc1cccc(Cl)c1OCc1cccn2c(C3CCCC3)nnc12. The fourth-order valence-electron chi connectivity index (χ4n) is 3.33. The molecule has 124 valence electrons. The molecule has 0 saturated heterocycles. The molecule has 2 aromatic heterocycles. The second-order valence-electron chi connectivity index (χ2n) is 6.11. The molecule has 0 radical (unpaired) electrons. The molecule has 1 aliphatic rings. The van der Waals surface area contributed by atoms with Crippen LogP contribution >= 0.6 is 23.2 Å². The minimum Gasteiger partial charge on any atom is -0.486 e. The Morgan fingerprint density at radius 1 is 1.04 bits per heavy atom. The molecule has 1 fully saturated rings. The average Bonchev–Trinajstić information content (AvgIpc) is 3.23. The molecule has 4 rings (SSSR count). The molecule has 3 aromatic rings. The van der Waals surface area contributed by atoms with Crippen LogP contribution in [0.5, 0.6) is 5.75 Å². The lowest BCUT2D eigenvalue weighted by Gasteiger charge is -2.11. The number of hydrogen-bond acceptors (Lipinski definition) is 3. The van der Waals surface area contributed by atoms with E-state index >= 15 is 0 Å². The van der Waals surface area contributed by atoms with Crippen molar-refractivity contribution in [2.24, 2.45) is 0 Å². The van der Waals surface area contributed by atoms with Crippen LogP contribution in [0.25, 0.3) is 5.65 Å². The molecule has 0 N–H and O–H groups in total.